The summed E-state index contributed by atoms with van der Waals surface area (Å²) < 4.78 is 0. The van der Waals surface area contributed by atoms with E-state index in [0.717, 1.165) is 18.8 Å². The van der Waals surface area contributed by atoms with Gasteiger partial charge in [0.1, 0.15) is 0 Å². The summed E-state index contributed by atoms with van der Waals surface area (Å²) in [5, 5.41) is 3.44. The van der Waals surface area contributed by atoms with Crippen LogP contribution in [-0.2, 0) is 6.54 Å². The monoisotopic (exact) mass is 263 g/mol. The third kappa shape index (κ3) is 5.19. The van der Waals surface area contributed by atoms with Crippen LogP contribution in [0.3, 0.4) is 0 Å². The van der Waals surface area contributed by atoms with Crippen molar-refractivity contribution in [2.45, 2.75) is 53.1 Å². The van der Waals surface area contributed by atoms with Crippen molar-refractivity contribution in [3.63, 3.8) is 0 Å². The average molecular weight is 263 g/mol. The highest BCUT2D eigenvalue weighted by molar-refractivity contribution is 5.46. The normalized spacial score (nSPS) is 11.3. The van der Waals surface area contributed by atoms with Crippen LogP contribution < -0.4 is 10.2 Å². The van der Waals surface area contributed by atoms with Crippen molar-refractivity contribution in [3.8, 4) is 0 Å². The SMILES string of the molecule is CCC(CC)N(C)c1ccnc(CNCC(C)C)c1. The van der Waals surface area contributed by atoms with Crippen molar-refractivity contribution in [1.29, 1.82) is 0 Å². The van der Waals surface area contributed by atoms with Crippen molar-refractivity contribution >= 4 is 5.69 Å². The molecular weight excluding hydrogens is 234 g/mol. The molecule has 0 bridgehead atoms. The zero-order chi connectivity index (χ0) is 14.3. The summed E-state index contributed by atoms with van der Waals surface area (Å²) in [6.07, 6.45) is 4.27. The molecule has 3 nitrogen and oxygen atoms in total. The fraction of sp³-hybridized carbons (Fsp3) is 0.688. The van der Waals surface area contributed by atoms with Crippen LogP contribution in [0.4, 0.5) is 5.69 Å². The molecule has 1 aromatic rings. The maximum atomic E-state index is 4.44. The summed E-state index contributed by atoms with van der Waals surface area (Å²) >= 11 is 0. The molecule has 0 aliphatic carbocycles. The second-order valence-electron chi connectivity index (χ2n) is 5.61. The van der Waals surface area contributed by atoms with Gasteiger partial charge >= 0.3 is 0 Å². The number of nitrogens with zero attached hydrogens (tertiary/aromatic N) is 2. The van der Waals surface area contributed by atoms with Crippen LogP contribution in [0.2, 0.25) is 0 Å². The van der Waals surface area contributed by atoms with Crippen molar-refractivity contribution < 1.29 is 0 Å². The lowest BCUT2D eigenvalue weighted by Gasteiger charge is -2.28. The topological polar surface area (TPSA) is 28.2 Å². The number of aromatic nitrogens is 1. The molecule has 0 atom stereocenters. The van der Waals surface area contributed by atoms with Crippen LogP contribution >= 0.6 is 0 Å². The number of hydrogen-bond donors (Lipinski definition) is 1. The molecule has 1 aromatic heterocycles. The molecule has 0 amide bonds. The van der Waals surface area contributed by atoms with Crippen LogP contribution in [0.5, 0.6) is 0 Å². The van der Waals surface area contributed by atoms with Gasteiger partial charge in [0, 0.05) is 31.5 Å². The maximum Gasteiger partial charge on any atom is 0.0562 e. The number of anilines is 1. The summed E-state index contributed by atoms with van der Waals surface area (Å²) in [5.41, 5.74) is 2.39. The van der Waals surface area contributed by atoms with E-state index in [1.165, 1.54) is 18.5 Å². The first kappa shape index (κ1) is 16.0. The number of hydrogen-bond acceptors (Lipinski definition) is 3. The minimum Gasteiger partial charge on any atom is -0.372 e. The standard InChI is InChI=1S/C16H29N3/c1-6-15(7-2)19(5)16-8-9-18-14(10-16)12-17-11-13(3)4/h8-10,13,15,17H,6-7,11-12H2,1-5H3. The summed E-state index contributed by atoms with van der Waals surface area (Å²) in [7, 11) is 2.18. The quantitative estimate of drug-likeness (QED) is 0.778. The largest absolute Gasteiger partial charge is 0.372 e. The molecule has 0 aromatic carbocycles. The molecule has 3 heteroatoms. The predicted molar refractivity (Wildman–Crippen MR) is 83.6 cm³/mol. The molecule has 0 aliphatic rings. The number of rotatable bonds is 8. The van der Waals surface area contributed by atoms with Crippen molar-refractivity contribution in [3.05, 3.63) is 24.0 Å². The number of nitrogens with one attached hydrogen (secondary N) is 1. The van der Waals surface area contributed by atoms with Crippen molar-refractivity contribution in [1.82, 2.24) is 10.3 Å². The van der Waals surface area contributed by atoms with Gasteiger partial charge in [-0.25, -0.2) is 0 Å². The fourth-order valence-electron chi connectivity index (χ4n) is 2.32. The van der Waals surface area contributed by atoms with Crippen LogP contribution in [0.1, 0.15) is 46.2 Å². The molecule has 0 spiro atoms. The van der Waals surface area contributed by atoms with Gasteiger partial charge in [-0.15, -0.1) is 0 Å². The summed E-state index contributed by atoms with van der Waals surface area (Å²) in [4.78, 5) is 6.81. The molecule has 0 aliphatic heterocycles. The lowest BCUT2D eigenvalue weighted by atomic mass is 10.1. The molecule has 1 N–H and O–H groups in total. The van der Waals surface area contributed by atoms with E-state index in [-0.39, 0.29) is 0 Å². The van der Waals surface area contributed by atoms with Crippen LogP contribution in [0, 0.1) is 5.92 Å². The van der Waals surface area contributed by atoms with E-state index >= 15 is 0 Å². The molecule has 1 rings (SSSR count). The summed E-state index contributed by atoms with van der Waals surface area (Å²) in [6, 6.07) is 4.91. The van der Waals surface area contributed by atoms with Crippen LogP contribution in [-0.4, -0.2) is 24.6 Å². The molecule has 108 valence electrons. The van der Waals surface area contributed by atoms with Gasteiger partial charge in [0.25, 0.3) is 0 Å². The van der Waals surface area contributed by atoms with E-state index in [2.05, 4.69) is 62.1 Å². The van der Waals surface area contributed by atoms with E-state index in [4.69, 9.17) is 0 Å². The summed E-state index contributed by atoms with van der Waals surface area (Å²) in [5.74, 6) is 0.676. The Hall–Kier alpha value is -1.09. The zero-order valence-corrected chi connectivity index (χ0v) is 13.1. The van der Waals surface area contributed by atoms with Gasteiger partial charge in [0.2, 0.25) is 0 Å². The van der Waals surface area contributed by atoms with E-state index in [9.17, 15) is 0 Å². The van der Waals surface area contributed by atoms with Gasteiger partial charge in [-0.1, -0.05) is 27.7 Å². The van der Waals surface area contributed by atoms with E-state index in [0.29, 0.717) is 12.0 Å². The molecule has 1 heterocycles. The maximum absolute atomic E-state index is 4.44. The molecule has 0 radical (unpaired) electrons. The van der Waals surface area contributed by atoms with E-state index in [1.807, 2.05) is 6.20 Å². The molecule has 0 saturated heterocycles. The first-order valence-corrected chi connectivity index (χ1v) is 7.46. The van der Waals surface area contributed by atoms with Crippen LogP contribution in [0.25, 0.3) is 0 Å². The Kier molecular flexibility index (Phi) is 6.85. The Morgan fingerprint density at radius 1 is 1.26 bits per heavy atom. The fourth-order valence-corrected chi connectivity index (χ4v) is 2.32. The van der Waals surface area contributed by atoms with Gasteiger partial charge in [-0.05, 0) is 37.4 Å². The second kappa shape index (κ2) is 8.16. The Morgan fingerprint density at radius 3 is 2.53 bits per heavy atom. The highest BCUT2D eigenvalue weighted by atomic mass is 15.1. The molecule has 0 saturated carbocycles. The molecule has 0 fully saturated rings. The van der Waals surface area contributed by atoms with E-state index < -0.39 is 0 Å². The zero-order valence-electron chi connectivity index (χ0n) is 13.1. The first-order valence-electron chi connectivity index (χ1n) is 7.46. The van der Waals surface area contributed by atoms with E-state index in [1.54, 1.807) is 0 Å². The Balaban J connectivity index is 2.65. The van der Waals surface area contributed by atoms with Gasteiger partial charge in [0.05, 0.1) is 5.69 Å². The summed E-state index contributed by atoms with van der Waals surface area (Å²) in [6.45, 7) is 10.8. The first-order chi connectivity index (χ1) is 9.08. The Bertz CT molecular complexity index is 359. The number of pyridine rings is 1. The van der Waals surface area contributed by atoms with Crippen molar-refractivity contribution in [2.24, 2.45) is 5.92 Å². The smallest absolute Gasteiger partial charge is 0.0562 e. The average Bonchev–Trinajstić information content (AvgIpc) is 2.40. The van der Waals surface area contributed by atoms with Gasteiger partial charge in [-0.2, -0.15) is 0 Å². The molecular formula is C16H29N3. The lowest BCUT2D eigenvalue weighted by Crippen LogP contribution is -2.30. The third-order valence-corrected chi connectivity index (χ3v) is 3.56. The minimum absolute atomic E-state index is 0.610. The molecule has 0 unspecified atom stereocenters. The third-order valence-electron chi connectivity index (χ3n) is 3.56. The lowest BCUT2D eigenvalue weighted by molar-refractivity contribution is 0.547. The molecule has 19 heavy (non-hydrogen) atoms. The Morgan fingerprint density at radius 2 is 1.95 bits per heavy atom. The van der Waals surface area contributed by atoms with Gasteiger partial charge < -0.3 is 10.2 Å². The Labute approximate surface area is 118 Å². The van der Waals surface area contributed by atoms with Crippen LogP contribution in [0.15, 0.2) is 18.3 Å². The van der Waals surface area contributed by atoms with Gasteiger partial charge in [-0.3, -0.25) is 4.98 Å². The van der Waals surface area contributed by atoms with Crippen molar-refractivity contribution in [2.75, 3.05) is 18.5 Å². The highest BCUT2D eigenvalue weighted by Crippen LogP contribution is 2.18. The minimum atomic E-state index is 0.610. The predicted octanol–water partition coefficient (Wildman–Crippen LogP) is 3.45. The highest BCUT2D eigenvalue weighted by Gasteiger charge is 2.11. The second-order valence-corrected chi connectivity index (χ2v) is 5.61. The van der Waals surface area contributed by atoms with Gasteiger partial charge in [0.15, 0.2) is 0 Å².